The van der Waals surface area contributed by atoms with Gasteiger partial charge in [-0.25, -0.2) is 4.98 Å². The topological polar surface area (TPSA) is 42.1 Å². The van der Waals surface area contributed by atoms with E-state index >= 15 is 0 Å². The molecule has 0 aromatic carbocycles. The highest BCUT2D eigenvalue weighted by molar-refractivity contribution is 5.31. The number of likely N-dealkylation sites (tertiary alicyclic amines) is 1. The van der Waals surface area contributed by atoms with Crippen LogP contribution < -0.4 is 0 Å². The highest BCUT2D eigenvalue weighted by Crippen LogP contribution is 2.42. The first-order chi connectivity index (χ1) is 14.3. The molecular formula is C24H40N6. The first-order valence-corrected chi connectivity index (χ1v) is 11.9. The summed E-state index contributed by atoms with van der Waals surface area (Å²) in [5.74, 6) is 1.91. The van der Waals surface area contributed by atoms with Crippen LogP contribution in [0.3, 0.4) is 0 Å². The Morgan fingerprint density at radius 2 is 1.83 bits per heavy atom. The van der Waals surface area contributed by atoms with Gasteiger partial charge < -0.3 is 9.47 Å². The number of nitrogens with zero attached hydrogens (tertiary/aromatic N) is 6. The normalized spacial score (nSPS) is 19.9. The van der Waals surface area contributed by atoms with Crippen molar-refractivity contribution >= 4 is 0 Å². The van der Waals surface area contributed by atoms with Gasteiger partial charge in [-0.2, -0.15) is 5.10 Å². The standard InChI is InChI=1S/C24H40N6/c1-7-29-15-21(12-25-29)14-28-16-22-23(26-20(6)30(22)19(4)5)24(17-28)8-10-27(11-9-24)13-18(2)3/h12,15,18-19H,7-11,13-14,16-17H2,1-6H3. The average molecular weight is 413 g/mol. The molecule has 4 rings (SSSR count). The van der Waals surface area contributed by atoms with E-state index in [-0.39, 0.29) is 5.41 Å². The van der Waals surface area contributed by atoms with Crippen LogP contribution in [0.2, 0.25) is 0 Å². The van der Waals surface area contributed by atoms with Gasteiger partial charge in [0.1, 0.15) is 5.82 Å². The quantitative estimate of drug-likeness (QED) is 0.719. The number of fused-ring (bicyclic) bond motifs is 2. The van der Waals surface area contributed by atoms with Crippen LogP contribution in [0.15, 0.2) is 12.4 Å². The summed E-state index contributed by atoms with van der Waals surface area (Å²) in [6.45, 7) is 21.2. The smallest absolute Gasteiger partial charge is 0.106 e. The highest BCUT2D eigenvalue weighted by Gasteiger charge is 2.45. The third-order valence-electron chi connectivity index (χ3n) is 6.96. The first-order valence-electron chi connectivity index (χ1n) is 11.9. The molecule has 0 amide bonds. The van der Waals surface area contributed by atoms with Gasteiger partial charge in [-0.15, -0.1) is 0 Å². The van der Waals surface area contributed by atoms with E-state index < -0.39 is 0 Å². The van der Waals surface area contributed by atoms with E-state index in [0.717, 1.165) is 32.1 Å². The third-order valence-corrected chi connectivity index (χ3v) is 6.96. The molecule has 1 saturated heterocycles. The van der Waals surface area contributed by atoms with Crippen LogP contribution in [0.5, 0.6) is 0 Å². The lowest BCUT2D eigenvalue weighted by molar-refractivity contribution is 0.0840. The van der Waals surface area contributed by atoms with Gasteiger partial charge in [-0.05, 0) is 59.5 Å². The van der Waals surface area contributed by atoms with Crippen molar-refractivity contribution in [2.75, 3.05) is 26.2 Å². The van der Waals surface area contributed by atoms with Crippen LogP contribution in [0.25, 0.3) is 0 Å². The molecule has 0 atom stereocenters. The Kier molecular flexibility index (Phi) is 6.08. The minimum Gasteiger partial charge on any atom is -0.328 e. The average Bonchev–Trinajstić information content (AvgIpc) is 3.27. The lowest BCUT2D eigenvalue weighted by Crippen LogP contribution is -2.52. The molecule has 4 heterocycles. The van der Waals surface area contributed by atoms with Crippen molar-refractivity contribution in [3.63, 3.8) is 0 Å². The zero-order chi connectivity index (χ0) is 21.5. The summed E-state index contributed by atoms with van der Waals surface area (Å²) in [5, 5.41) is 4.50. The van der Waals surface area contributed by atoms with Gasteiger partial charge in [-0.3, -0.25) is 9.58 Å². The van der Waals surface area contributed by atoms with Crippen molar-refractivity contribution in [2.45, 2.75) is 85.5 Å². The van der Waals surface area contributed by atoms with Crippen molar-refractivity contribution in [1.29, 1.82) is 0 Å². The Morgan fingerprint density at radius 1 is 1.10 bits per heavy atom. The van der Waals surface area contributed by atoms with Gasteiger partial charge in [0.2, 0.25) is 0 Å². The molecule has 0 saturated carbocycles. The van der Waals surface area contributed by atoms with E-state index in [1.165, 1.54) is 55.3 Å². The molecule has 166 valence electrons. The molecule has 6 heteroatoms. The molecule has 0 radical (unpaired) electrons. The third kappa shape index (κ3) is 4.09. The summed E-state index contributed by atoms with van der Waals surface area (Å²) in [6.07, 6.45) is 6.68. The zero-order valence-electron chi connectivity index (χ0n) is 19.9. The maximum absolute atomic E-state index is 5.20. The van der Waals surface area contributed by atoms with E-state index in [1.54, 1.807) is 0 Å². The molecule has 6 nitrogen and oxygen atoms in total. The first kappa shape index (κ1) is 21.6. The van der Waals surface area contributed by atoms with Crippen LogP contribution in [0.1, 0.15) is 76.3 Å². The number of hydrogen-bond acceptors (Lipinski definition) is 4. The second-order valence-corrected chi connectivity index (χ2v) is 10.2. The van der Waals surface area contributed by atoms with Crippen LogP contribution >= 0.6 is 0 Å². The van der Waals surface area contributed by atoms with E-state index in [4.69, 9.17) is 4.98 Å². The number of imidazole rings is 1. The summed E-state index contributed by atoms with van der Waals surface area (Å²) in [6, 6.07) is 0.446. The van der Waals surface area contributed by atoms with E-state index in [0.29, 0.717) is 6.04 Å². The second kappa shape index (κ2) is 8.46. The Morgan fingerprint density at radius 3 is 2.43 bits per heavy atom. The molecule has 2 aliphatic rings. The molecule has 2 aromatic rings. The number of aryl methyl sites for hydroxylation is 2. The minimum absolute atomic E-state index is 0.187. The zero-order valence-corrected chi connectivity index (χ0v) is 19.9. The lowest BCUT2D eigenvalue weighted by Gasteiger charge is -2.47. The van der Waals surface area contributed by atoms with Gasteiger partial charge in [0.15, 0.2) is 0 Å². The Hall–Kier alpha value is -1.66. The molecular weight excluding hydrogens is 372 g/mol. The summed E-state index contributed by atoms with van der Waals surface area (Å²) >= 11 is 0. The molecule has 1 spiro atoms. The molecule has 1 fully saturated rings. The van der Waals surface area contributed by atoms with Crippen molar-refractivity contribution in [1.82, 2.24) is 29.1 Å². The van der Waals surface area contributed by atoms with Crippen molar-refractivity contribution < 1.29 is 0 Å². The van der Waals surface area contributed by atoms with Gasteiger partial charge in [0, 0.05) is 55.9 Å². The maximum Gasteiger partial charge on any atom is 0.106 e. The Balaban J connectivity index is 1.63. The maximum atomic E-state index is 5.20. The number of rotatable bonds is 6. The van der Waals surface area contributed by atoms with Gasteiger partial charge in [0.05, 0.1) is 17.6 Å². The molecule has 30 heavy (non-hydrogen) atoms. The van der Waals surface area contributed by atoms with E-state index in [9.17, 15) is 0 Å². The fourth-order valence-corrected chi connectivity index (χ4v) is 5.73. The molecule has 0 aliphatic carbocycles. The molecule has 0 bridgehead atoms. The van der Waals surface area contributed by atoms with Gasteiger partial charge >= 0.3 is 0 Å². The number of aromatic nitrogens is 4. The summed E-state index contributed by atoms with van der Waals surface area (Å²) in [4.78, 5) is 10.5. The summed E-state index contributed by atoms with van der Waals surface area (Å²) < 4.78 is 4.52. The van der Waals surface area contributed by atoms with Crippen LogP contribution in [0.4, 0.5) is 0 Å². The fraction of sp³-hybridized carbons (Fsp3) is 0.750. The number of hydrogen-bond donors (Lipinski definition) is 0. The highest BCUT2D eigenvalue weighted by atomic mass is 15.3. The van der Waals surface area contributed by atoms with Gasteiger partial charge in [-0.1, -0.05) is 13.8 Å². The molecule has 2 aromatic heterocycles. The van der Waals surface area contributed by atoms with E-state index in [2.05, 4.69) is 67.2 Å². The minimum atomic E-state index is 0.187. The predicted octanol–water partition coefficient (Wildman–Crippen LogP) is 3.99. The van der Waals surface area contributed by atoms with E-state index in [1.807, 2.05) is 10.9 Å². The molecule has 0 N–H and O–H groups in total. The van der Waals surface area contributed by atoms with Crippen molar-refractivity contribution in [3.05, 3.63) is 35.2 Å². The van der Waals surface area contributed by atoms with Crippen LogP contribution in [0, 0.1) is 12.8 Å². The van der Waals surface area contributed by atoms with Gasteiger partial charge in [0.25, 0.3) is 0 Å². The SMILES string of the molecule is CCn1cc(CN2Cc3c(nc(C)n3C(C)C)C3(CCN(CC(C)C)CC3)C2)cn1. The number of piperidine rings is 1. The summed E-state index contributed by atoms with van der Waals surface area (Å²) in [5.41, 5.74) is 4.36. The Bertz CT molecular complexity index is 853. The lowest BCUT2D eigenvalue weighted by atomic mass is 9.72. The predicted molar refractivity (Wildman–Crippen MR) is 122 cm³/mol. The van der Waals surface area contributed by atoms with Crippen LogP contribution in [-0.2, 0) is 25.0 Å². The fourth-order valence-electron chi connectivity index (χ4n) is 5.73. The second-order valence-electron chi connectivity index (χ2n) is 10.2. The summed E-state index contributed by atoms with van der Waals surface area (Å²) in [7, 11) is 0. The van der Waals surface area contributed by atoms with Crippen molar-refractivity contribution in [2.24, 2.45) is 5.92 Å². The Labute approximate surface area is 182 Å². The van der Waals surface area contributed by atoms with Crippen molar-refractivity contribution in [3.8, 4) is 0 Å². The molecule has 0 unspecified atom stereocenters. The largest absolute Gasteiger partial charge is 0.328 e. The molecule has 2 aliphatic heterocycles. The monoisotopic (exact) mass is 412 g/mol. The van der Waals surface area contributed by atoms with Crippen LogP contribution in [-0.4, -0.2) is 55.3 Å².